The second-order valence-corrected chi connectivity index (χ2v) is 4.76. The highest BCUT2D eigenvalue weighted by atomic mass is 35.5. The number of rotatable bonds is 2. The summed E-state index contributed by atoms with van der Waals surface area (Å²) in [6.07, 6.45) is 0. The Kier molecular flexibility index (Phi) is 3.90. The molecule has 0 saturated heterocycles. The monoisotopic (exact) mass is 288 g/mol. The third kappa shape index (κ3) is 2.28. The zero-order valence-corrected chi connectivity index (χ0v) is 10.5. The summed E-state index contributed by atoms with van der Waals surface area (Å²) in [5, 5.41) is 13.2. The molecule has 6 nitrogen and oxygen atoms in total. The van der Waals surface area contributed by atoms with Crippen molar-refractivity contribution in [1.29, 1.82) is 5.53 Å². The van der Waals surface area contributed by atoms with Crippen LogP contribution in [0.15, 0.2) is 40.3 Å². The summed E-state index contributed by atoms with van der Waals surface area (Å²) in [7, 11) is -4.35. The minimum absolute atomic E-state index is 0. The fourth-order valence-corrected chi connectivity index (χ4v) is 2.32. The van der Waals surface area contributed by atoms with Crippen molar-refractivity contribution in [3.8, 4) is 5.75 Å². The van der Waals surface area contributed by atoms with E-state index in [4.69, 9.17) is 10.1 Å². The van der Waals surface area contributed by atoms with Crippen molar-refractivity contribution in [3.63, 3.8) is 0 Å². The average molecular weight is 289 g/mol. The Morgan fingerprint density at radius 3 is 2.33 bits per heavy atom. The molecule has 0 aliphatic rings. The number of fused-ring (bicyclic) bond motifs is 1. The average Bonchev–Trinajstić information content (AvgIpc) is 2.28. The first-order valence-corrected chi connectivity index (χ1v) is 5.99. The van der Waals surface area contributed by atoms with Crippen LogP contribution in [0.3, 0.4) is 0 Å². The lowest BCUT2D eigenvalue weighted by Crippen LogP contribution is -1.98. The van der Waals surface area contributed by atoms with Crippen LogP contribution in [0.2, 0.25) is 0 Å². The maximum absolute atomic E-state index is 11.1. The third-order valence-corrected chi connectivity index (χ3v) is 3.28. The second-order valence-electron chi connectivity index (χ2n) is 3.37. The summed E-state index contributed by atoms with van der Waals surface area (Å²) in [5.74, 6) is -0.289. The SMILES string of the molecule is Cl.N=Nc1ccc2c(S(=O)(=O)O)cccc2c1O. The van der Waals surface area contributed by atoms with E-state index in [9.17, 15) is 13.5 Å². The van der Waals surface area contributed by atoms with Gasteiger partial charge in [-0.1, -0.05) is 18.2 Å². The van der Waals surface area contributed by atoms with E-state index < -0.39 is 10.1 Å². The van der Waals surface area contributed by atoms with Crippen LogP contribution in [-0.4, -0.2) is 18.1 Å². The zero-order valence-electron chi connectivity index (χ0n) is 8.86. The molecule has 2 rings (SSSR count). The van der Waals surface area contributed by atoms with Crippen LogP contribution in [0.5, 0.6) is 5.75 Å². The van der Waals surface area contributed by atoms with Gasteiger partial charge in [0.1, 0.15) is 10.6 Å². The number of aromatic hydroxyl groups is 1. The van der Waals surface area contributed by atoms with Gasteiger partial charge < -0.3 is 5.11 Å². The minimum atomic E-state index is -4.35. The molecule has 18 heavy (non-hydrogen) atoms. The van der Waals surface area contributed by atoms with Crippen molar-refractivity contribution in [2.45, 2.75) is 4.90 Å². The molecule has 0 spiro atoms. The van der Waals surface area contributed by atoms with E-state index in [1.165, 1.54) is 30.3 Å². The minimum Gasteiger partial charge on any atom is -0.505 e. The van der Waals surface area contributed by atoms with Crippen LogP contribution in [0.1, 0.15) is 0 Å². The van der Waals surface area contributed by atoms with E-state index >= 15 is 0 Å². The molecule has 0 aliphatic heterocycles. The molecule has 0 aromatic heterocycles. The lowest BCUT2D eigenvalue weighted by molar-refractivity contribution is 0.482. The van der Waals surface area contributed by atoms with Crippen LogP contribution < -0.4 is 0 Å². The Labute approximate surface area is 109 Å². The smallest absolute Gasteiger partial charge is 0.295 e. The van der Waals surface area contributed by atoms with Gasteiger partial charge in [0.25, 0.3) is 10.1 Å². The summed E-state index contributed by atoms with van der Waals surface area (Å²) in [6.45, 7) is 0. The Bertz CT molecular complexity index is 715. The summed E-state index contributed by atoms with van der Waals surface area (Å²) in [6, 6.07) is 6.78. The van der Waals surface area contributed by atoms with E-state index in [2.05, 4.69) is 5.11 Å². The van der Waals surface area contributed by atoms with Crippen LogP contribution in [0.4, 0.5) is 5.69 Å². The molecule has 96 valence electrons. The molecule has 0 heterocycles. The maximum Gasteiger partial charge on any atom is 0.295 e. The fourth-order valence-electron chi connectivity index (χ4n) is 1.62. The van der Waals surface area contributed by atoms with Gasteiger partial charge in [-0.3, -0.25) is 4.55 Å². The van der Waals surface area contributed by atoms with Crippen molar-refractivity contribution in [1.82, 2.24) is 0 Å². The number of nitrogens with one attached hydrogen (secondary N) is 1. The standard InChI is InChI=1S/C10H8N2O4S.ClH/c11-12-8-5-4-6-7(10(8)13)2-1-3-9(6)17(14,15)16;/h1-5,11,13H,(H,14,15,16);1H. The number of benzene rings is 2. The molecule has 2 aromatic rings. The van der Waals surface area contributed by atoms with Crippen molar-refractivity contribution >= 4 is 39.0 Å². The van der Waals surface area contributed by atoms with E-state index in [-0.39, 0.29) is 39.5 Å². The molecule has 0 radical (unpaired) electrons. The van der Waals surface area contributed by atoms with Crippen molar-refractivity contribution in [2.75, 3.05) is 0 Å². The van der Waals surface area contributed by atoms with Gasteiger partial charge in [-0.2, -0.15) is 13.5 Å². The van der Waals surface area contributed by atoms with Gasteiger partial charge in [0.2, 0.25) is 0 Å². The Hall–Kier alpha value is -1.70. The Morgan fingerprint density at radius 2 is 1.78 bits per heavy atom. The van der Waals surface area contributed by atoms with Gasteiger partial charge in [-0.25, -0.2) is 5.53 Å². The summed E-state index contributed by atoms with van der Waals surface area (Å²) >= 11 is 0. The van der Waals surface area contributed by atoms with Gasteiger partial charge in [-0.05, 0) is 12.1 Å². The predicted molar refractivity (Wildman–Crippen MR) is 67.5 cm³/mol. The van der Waals surface area contributed by atoms with Crippen LogP contribution in [0.25, 0.3) is 10.8 Å². The number of hydrogen-bond acceptors (Lipinski definition) is 5. The number of halogens is 1. The van der Waals surface area contributed by atoms with Gasteiger partial charge >= 0.3 is 0 Å². The quantitative estimate of drug-likeness (QED) is 0.582. The largest absolute Gasteiger partial charge is 0.505 e. The molecule has 0 fully saturated rings. The first-order chi connectivity index (χ1) is 7.95. The highest BCUT2D eigenvalue weighted by Crippen LogP contribution is 2.36. The number of phenolic OH excluding ortho intramolecular Hbond substituents is 1. The Morgan fingerprint density at radius 1 is 1.11 bits per heavy atom. The molecule has 8 heteroatoms. The predicted octanol–water partition coefficient (Wildman–Crippen LogP) is 2.88. The summed E-state index contributed by atoms with van der Waals surface area (Å²) in [5.41, 5.74) is 6.87. The van der Waals surface area contributed by atoms with E-state index in [0.717, 1.165) is 0 Å². The van der Waals surface area contributed by atoms with E-state index in [1.54, 1.807) is 0 Å². The lowest BCUT2D eigenvalue weighted by Gasteiger charge is -2.06. The molecule has 0 amide bonds. The molecular formula is C10H9ClN2O4S. The normalized spacial score (nSPS) is 10.9. The van der Waals surface area contributed by atoms with Crippen LogP contribution in [-0.2, 0) is 10.1 Å². The zero-order chi connectivity index (χ0) is 12.6. The van der Waals surface area contributed by atoms with Gasteiger partial charge in [0.15, 0.2) is 5.75 Å². The van der Waals surface area contributed by atoms with E-state index in [1.807, 2.05) is 0 Å². The number of hydrogen-bond donors (Lipinski definition) is 3. The third-order valence-electron chi connectivity index (χ3n) is 2.37. The van der Waals surface area contributed by atoms with Crippen LogP contribution >= 0.6 is 12.4 Å². The molecule has 0 aliphatic carbocycles. The highest BCUT2D eigenvalue weighted by molar-refractivity contribution is 7.86. The first kappa shape index (κ1) is 14.4. The highest BCUT2D eigenvalue weighted by Gasteiger charge is 2.16. The fraction of sp³-hybridized carbons (Fsp3) is 0. The van der Waals surface area contributed by atoms with Gasteiger partial charge in [0, 0.05) is 10.8 Å². The van der Waals surface area contributed by atoms with Crippen molar-refractivity contribution in [2.24, 2.45) is 5.11 Å². The maximum atomic E-state index is 11.1. The summed E-state index contributed by atoms with van der Waals surface area (Å²) in [4.78, 5) is -0.290. The molecule has 0 unspecified atom stereocenters. The topological polar surface area (TPSA) is 111 Å². The number of nitrogens with zero attached hydrogens (tertiary/aromatic N) is 1. The summed E-state index contributed by atoms with van der Waals surface area (Å²) < 4.78 is 31.3. The van der Waals surface area contributed by atoms with Gasteiger partial charge in [0.05, 0.1) is 0 Å². The molecule has 0 bridgehead atoms. The van der Waals surface area contributed by atoms with Gasteiger partial charge in [-0.15, -0.1) is 12.4 Å². The second kappa shape index (κ2) is 4.89. The molecular weight excluding hydrogens is 280 g/mol. The molecule has 0 saturated carbocycles. The van der Waals surface area contributed by atoms with Crippen molar-refractivity contribution in [3.05, 3.63) is 30.3 Å². The van der Waals surface area contributed by atoms with Crippen LogP contribution in [0, 0.1) is 5.53 Å². The lowest BCUT2D eigenvalue weighted by atomic mass is 10.1. The number of phenols is 1. The van der Waals surface area contributed by atoms with Crippen molar-refractivity contribution < 1.29 is 18.1 Å². The Balaban J connectivity index is 0.00000162. The molecule has 0 atom stereocenters. The first-order valence-electron chi connectivity index (χ1n) is 4.55. The molecule has 2 aromatic carbocycles. The molecule has 3 N–H and O–H groups in total. The van der Waals surface area contributed by atoms with E-state index in [0.29, 0.717) is 0 Å².